The van der Waals surface area contributed by atoms with E-state index in [1.165, 1.54) is 19.2 Å². The molecule has 1 aliphatic heterocycles. The number of carbonyl (C=O) groups is 1. The summed E-state index contributed by atoms with van der Waals surface area (Å²) in [5, 5.41) is 5.92. The Labute approximate surface area is 200 Å². The van der Waals surface area contributed by atoms with Crippen LogP contribution in [0.25, 0.3) is 11.3 Å². The molecule has 2 aromatic heterocycles. The van der Waals surface area contributed by atoms with Gasteiger partial charge in [0.25, 0.3) is 0 Å². The molecule has 2 fully saturated rings. The van der Waals surface area contributed by atoms with Crippen LogP contribution in [-0.4, -0.2) is 48.0 Å². The van der Waals surface area contributed by atoms with E-state index in [0.717, 1.165) is 18.6 Å². The predicted molar refractivity (Wildman–Crippen MR) is 123 cm³/mol. The number of rotatable bonds is 7. The molecule has 0 bridgehead atoms. The Hall–Kier alpha value is -2.82. The minimum Gasteiger partial charge on any atom is -0.354 e. The summed E-state index contributed by atoms with van der Waals surface area (Å²) in [5.41, 5.74) is -0.942. The first-order valence-corrected chi connectivity index (χ1v) is 11.7. The van der Waals surface area contributed by atoms with Crippen molar-refractivity contribution in [1.82, 2.24) is 15.3 Å². The van der Waals surface area contributed by atoms with Crippen molar-refractivity contribution in [2.75, 3.05) is 29.9 Å². The maximum absolute atomic E-state index is 13.9. The summed E-state index contributed by atoms with van der Waals surface area (Å²) in [5.74, 6) is -1.86. The van der Waals surface area contributed by atoms with Gasteiger partial charge in [-0.25, -0.2) is 18.7 Å². The fourth-order valence-corrected chi connectivity index (χ4v) is 4.23. The quantitative estimate of drug-likeness (QED) is 0.523. The zero-order valence-corrected chi connectivity index (χ0v) is 19.5. The number of aromatic nitrogens is 2. The standard InChI is InChI=1S/C24H28F5N5O/c1-3-16-12-34(9-8-30-16)19-11-15(24(27,28)29)10-18(32-19)17-6-7-31-22(20(17)13(2)21(25)26)33-23(35)14-4-5-14/h6-7,10-11,13-14,16,21,30H,3-5,8-9,12H2,1-2H3,(H,31,33,35). The van der Waals surface area contributed by atoms with E-state index >= 15 is 0 Å². The molecule has 2 atom stereocenters. The number of piperazine rings is 1. The topological polar surface area (TPSA) is 70.2 Å². The first kappa shape index (κ1) is 25.3. The van der Waals surface area contributed by atoms with Crippen molar-refractivity contribution >= 4 is 17.5 Å². The van der Waals surface area contributed by atoms with Gasteiger partial charge in [0.05, 0.1) is 11.3 Å². The lowest BCUT2D eigenvalue weighted by atomic mass is 9.94. The van der Waals surface area contributed by atoms with E-state index < -0.39 is 24.1 Å². The highest BCUT2D eigenvalue weighted by Crippen LogP contribution is 2.40. The molecule has 35 heavy (non-hydrogen) atoms. The van der Waals surface area contributed by atoms with Crippen LogP contribution in [0.15, 0.2) is 24.4 Å². The second-order valence-electron chi connectivity index (χ2n) is 9.11. The van der Waals surface area contributed by atoms with Gasteiger partial charge < -0.3 is 15.5 Å². The second-order valence-corrected chi connectivity index (χ2v) is 9.11. The van der Waals surface area contributed by atoms with Crippen LogP contribution in [0.5, 0.6) is 0 Å². The van der Waals surface area contributed by atoms with Crippen molar-refractivity contribution in [2.24, 2.45) is 5.92 Å². The maximum atomic E-state index is 13.9. The molecule has 190 valence electrons. The second kappa shape index (κ2) is 10.0. The van der Waals surface area contributed by atoms with Crippen LogP contribution < -0.4 is 15.5 Å². The van der Waals surface area contributed by atoms with Crippen LogP contribution >= 0.6 is 0 Å². The number of hydrogen-bond acceptors (Lipinski definition) is 5. The molecule has 11 heteroatoms. The van der Waals surface area contributed by atoms with Crippen molar-refractivity contribution in [2.45, 2.75) is 57.7 Å². The van der Waals surface area contributed by atoms with Crippen molar-refractivity contribution < 1.29 is 26.7 Å². The largest absolute Gasteiger partial charge is 0.416 e. The normalized spacial score (nSPS) is 19.7. The molecular formula is C24H28F5N5O. The van der Waals surface area contributed by atoms with E-state index in [0.29, 0.717) is 32.5 Å². The van der Waals surface area contributed by atoms with Crippen molar-refractivity contribution in [3.8, 4) is 11.3 Å². The monoisotopic (exact) mass is 497 g/mol. The summed E-state index contributed by atoms with van der Waals surface area (Å²) in [6.45, 7) is 4.77. The van der Waals surface area contributed by atoms with E-state index in [-0.39, 0.29) is 46.3 Å². The minimum atomic E-state index is -4.66. The van der Waals surface area contributed by atoms with E-state index in [4.69, 9.17) is 0 Å². The third-order valence-electron chi connectivity index (χ3n) is 6.50. The van der Waals surface area contributed by atoms with Crippen molar-refractivity contribution in [3.05, 3.63) is 35.5 Å². The summed E-state index contributed by atoms with van der Waals surface area (Å²) in [7, 11) is 0. The number of nitrogens with zero attached hydrogens (tertiary/aromatic N) is 3. The number of alkyl halides is 5. The van der Waals surface area contributed by atoms with Gasteiger partial charge in [0, 0.05) is 54.8 Å². The fourth-order valence-electron chi connectivity index (χ4n) is 4.23. The number of carbonyl (C=O) groups excluding carboxylic acids is 1. The van der Waals surface area contributed by atoms with Gasteiger partial charge in [0.1, 0.15) is 11.6 Å². The zero-order chi connectivity index (χ0) is 25.3. The molecule has 2 aliphatic rings. The Morgan fingerprint density at radius 3 is 2.66 bits per heavy atom. The maximum Gasteiger partial charge on any atom is 0.416 e. The van der Waals surface area contributed by atoms with E-state index in [2.05, 4.69) is 20.6 Å². The highest BCUT2D eigenvalue weighted by molar-refractivity contribution is 5.94. The molecule has 2 aromatic rings. The first-order chi connectivity index (χ1) is 16.6. The lowest BCUT2D eigenvalue weighted by molar-refractivity contribution is -0.137. The average Bonchev–Trinajstić information content (AvgIpc) is 3.68. The van der Waals surface area contributed by atoms with Crippen LogP contribution in [0.2, 0.25) is 0 Å². The van der Waals surface area contributed by atoms with Crippen LogP contribution in [0, 0.1) is 5.92 Å². The minimum absolute atomic E-state index is 0.0268. The zero-order valence-electron chi connectivity index (χ0n) is 19.5. The van der Waals surface area contributed by atoms with E-state index in [1.807, 2.05) is 6.92 Å². The van der Waals surface area contributed by atoms with Gasteiger partial charge in [-0.2, -0.15) is 13.2 Å². The lowest BCUT2D eigenvalue weighted by Crippen LogP contribution is -2.50. The third kappa shape index (κ3) is 5.71. The molecule has 6 nitrogen and oxygen atoms in total. The van der Waals surface area contributed by atoms with Gasteiger partial charge in [-0.3, -0.25) is 4.79 Å². The smallest absolute Gasteiger partial charge is 0.354 e. The fraction of sp³-hybridized carbons (Fsp3) is 0.542. The SMILES string of the molecule is CCC1CN(c2cc(C(F)(F)F)cc(-c3ccnc(NC(=O)C4CC4)c3C(C)C(F)F)n2)CCN1. The Balaban J connectivity index is 1.83. The highest BCUT2D eigenvalue weighted by Gasteiger charge is 2.35. The molecule has 0 spiro atoms. The number of hydrogen-bond donors (Lipinski definition) is 2. The third-order valence-corrected chi connectivity index (χ3v) is 6.50. The molecule has 0 aromatic carbocycles. The number of pyridine rings is 2. The van der Waals surface area contributed by atoms with E-state index in [1.54, 1.807) is 4.90 Å². The van der Waals surface area contributed by atoms with Crippen molar-refractivity contribution in [1.29, 1.82) is 0 Å². The highest BCUT2D eigenvalue weighted by atomic mass is 19.4. The number of amides is 1. The van der Waals surface area contributed by atoms with Crippen molar-refractivity contribution in [3.63, 3.8) is 0 Å². The van der Waals surface area contributed by atoms with Gasteiger partial charge in [0.15, 0.2) is 0 Å². The summed E-state index contributed by atoms with van der Waals surface area (Å²) in [4.78, 5) is 22.7. The summed E-state index contributed by atoms with van der Waals surface area (Å²) in [6.07, 6.45) is -3.99. The number of halogens is 5. The molecule has 1 aliphatic carbocycles. The van der Waals surface area contributed by atoms with Gasteiger partial charge in [-0.05, 0) is 37.5 Å². The van der Waals surface area contributed by atoms with Gasteiger partial charge in [-0.1, -0.05) is 13.8 Å². The molecule has 1 amide bonds. The first-order valence-electron chi connectivity index (χ1n) is 11.7. The Bertz CT molecular complexity index is 1070. The Morgan fingerprint density at radius 2 is 2.03 bits per heavy atom. The Morgan fingerprint density at radius 1 is 1.29 bits per heavy atom. The van der Waals surface area contributed by atoms with Crippen LogP contribution in [0.3, 0.4) is 0 Å². The molecule has 2 N–H and O–H groups in total. The lowest BCUT2D eigenvalue weighted by Gasteiger charge is -2.34. The van der Waals surface area contributed by atoms with Crippen LogP contribution in [-0.2, 0) is 11.0 Å². The molecule has 1 saturated heterocycles. The molecular weight excluding hydrogens is 469 g/mol. The number of nitrogens with one attached hydrogen (secondary N) is 2. The van der Waals surface area contributed by atoms with E-state index in [9.17, 15) is 26.7 Å². The van der Waals surface area contributed by atoms with Gasteiger partial charge in [0.2, 0.25) is 12.3 Å². The molecule has 3 heterocycles. The summed E-state index contributed by atoms with van der Waals surface area (Å²) in [6, 6.07) is 3.34. The molecule has 0 radical (unpaired) electrons. The molecule has 2 unspecified atom stereocenters. The summed E-state index contributed by atoms with van der Waals surface area (Å²) >= 11 is 0. The van der Waals surface area contributed by atoms with Gasteiger partial charge >= 0.3 is 6.18 Å². The number of anilines is 2. The molecule has 1 saturated carbocycles. The van der Waals surface area contributed by atoms with Gasteiger partial charge in [-0.15, -0.1) is 0 Å². The molecule has 4 rings (SSSR count). The van der Waals surface area contributed by atoms with Crippen LogP contribution in [0.4, 0.5) is 33.6 Å². The van der Waals surface area contributed by atoms with Crippen LogP contribution in [0.1, 0.15) is 50.2 Å². The average molecular weight is 498 g/mol. The Kier molecular flexibility index (Phi) is 7.25. The predicted octanol–water partition coefficient (Wildman–Crippen LogP) is 5.07. The summed E-state index contributed by atoms with van der Waals surface area (Å²) < 4.78 is 69.3.